The lowest BCUT2D eigenvalue weighted by atomic mass is 9.86. The second kappa shape index (κ2) is 11.0. The number of benzene rings is 1. The molecule has 7 heteroatoms. The number of aryl methyl sites for hydroxylation is 1. The highest BCUT2D eigenvalue weighted by Gasteiger charge is 2.17. The summed E-state index contributed by atoms with van der Waals surface area (Å²) in [6.07, 6.45) is 10.7. The molecule has 1 aliphatic rings. The lowest BCUT2D eigenvalue weighted by Crippen LogP contribution is -2.15. The average Bonchev–Trinajstić information content (AvgIpc) is 3.14. The maximum Gasteiger partial charge on any atom is 0.234 e. The Hall–Kier alpha value is -2.28. The molecule has 0 radical (unpaired) electrons. The number of hydrogen-bond donors (Lipinski definition) is 1. The maximum absolute atomic E-state index is 12.3. The number of thioether (sulfide) groups is 1. The van der Waals surface area contributed by atoms with E-state index in [-0.39, 0.29) is 11.7 Å². The van der Waals surface area contributed by atoms with Gasteiger partial charge in [-0.05, 0) is 36.6 Å². The Kier molecular flexibility index (Phi) is 8.16. The Morgan fingerprint density at radius 3 is 2.72 bits per heavy atom. The molecule has 1 saturated carbocycles. The molecule has 1 aromatic heterocycles. The predicted molar refractivity (Wildman–Crippen MR) is 117 cm³/mol. The molecule has 0 aliphatic heterocycles. The van der Waals surface area contributed by atoms with Crippen molar-refractivity contribution in [3.05, 3.63) is 42.7 Å². The Morgan fingerprint density at radius 1 is 1.28 bits per heavy atom. The van der Waals surface area contributed by atoms with Gasteiger partial charge >= 0.3 is 0 Å². The summed E-state index contributed by atoms with van der Waals surface area (Å²) in [5.41, 5.74) is 0.747. The zero-order valence-electron chi connectivity index (χ0n) is 17.1. The van der Waals surface area contributed by atoms with Crippen molar-refractivity contribution in [3.8, 4) is 5.75 Å². The fourth-order valence-corrected chi connectivity index (χ4v) is 4.50. The number of hydrogen-bond acceptors (Lipinski definition) is 5. The molecule has 0 atom stereocenters. The van der Waals surface area contributed by atoms with Crippen molar-refractivity contribution in [2.75, 3.05) is 18.2 Å². The van der Waals surface area contributed by atoms with Crippen molar-refractivity contribution in [3.63, 3.8) is 0 Å². The number of methoxy groups -OCH3 is 1. The van der Waals surface area contributed by atoms with Gasteiger partial charge in [0.05, 0.1) is 12.9 Å². The average molecular weight is 415 g/mol. The first-order chi connectivity index (χ1) is 14.2. The van der Waals surface area contributed by atoms with Gasteiger partial charge in [-0.15, -0.1) is 16.8 Å². The third kappa shape index (κ3) is 6.35. The van der Waals surface area contributed by atoms with E-state index in [9.17, 15) is 4.79 Å². The van der Waals surface area contributed by atoms with E-state index in [2.05, 4.69) is 26.7 Å². The molecule has 2 aromatic rings. The fourth-order valence-electron chi connectivity index (χ4n) is 3.73. The Balaban J connectivity index is 1.54. The smallest absolute Gasteiger partial charge is 0.234 e. The highest BCUT2D eigenvalue weighted by atomic mass is 32.2. The zero-order valence-corrected chi connectivity index (χ0v) is 17.9. The van der Waals surface area contributed by atoms with E-state index in [4.69, 9.17) is 4.74 Å². The SMILES string of the molecule is C=CCn1c(CCC2CCCCC2)nnc1SCC(=O)Nc1ccc(OC)cc1. The molecule has 3 rings (SSSR count). The summed E-state index contributed by atoms with van der Waals surface area (Å²) >= 11 is 1.41. The molecule has 0 unspecified atom stereocenters. The van der Waals surface area contributed by atoms with Gasteiger partial charge in [0, 0.05) is 18.7 Å². The molecule has 1 heterocycles. The van der Waals surface area contributed by atoms with Gasteiger partial charge in [-0.2, -0.15) is 0 Å². The van der Waals surface area contributed by atoms with Crippen molar-refractivity contribution in [2.45, 2.75) is 56.6 Å². The lowest BCUT2D eigenvalue weighted by molar-refractivity contribution is -0.113. The van der Waals surface area contributed by atoms with E-state index < -0.39 is 0 Å². The van der Waals surface area contributed by atoms with Crippen molar-refractivity contribution in [1.82, 2.24) is 14.8 Å². The number of amides is 1. The molecular formula is C22H30N4O2S. The fraction of sp³-hybridized carbons (Fsp3) is 0.500. The number of anilines is 1. The van der Waals surface area contributed by atoms with Crippen LogP contribution >= 0.6 is 11.8 Å². The van der Waals surface area contributed by atoms with Crippen molar-refractivity contribution in [1.29, 1.82) is 0 Å². The van der Waals surface area contributed by atoms with E-state index in [0.717, 1.165) is 41.2 Å². The second-order valence-corrected chi connectivity index (χ2v) is 8.35. The normalized spacial score (nSPS) is 14.5. The van der Waals surface area contributed by atoms with Gasteiger partial charge in [-0.25, -0.2) is 0 Å². The van der Waals surface area contributed by atoms with E-state index in [1.165, 1.54) is 43.9 Å². The van der Waals surface area contributed by atoms with Crippen LogP contribution in [0, 0.1) is 5.92 Å². The van der Waals surface area contributed by atoms with Gasteiger partial charge in [-0.3, -0.25) is 4.79 Å². The van der Waals surface area contributed by atoms with Crippen LogP contribution in [0.2, 0.25) is 0 Å². The first-order valence-electron chi connectivity index (χ1n) is 10.3. The van der Waals surface area contributed by atoms with Gasteiger partial charge in [-0.1, -0.05) is 49.9 Å². The summed E-state index contributed by atoms with van der Waals surface area (Å²) in [6, 6.07) is 7.29. The van der Waals surface area contributed by atoms with Gasteiger partial charge in [0.2, 0.25) is 5.91 Å². The van der Waals surface area contributed by atoms with Crippen LogP contribution in [-0.4, -0.2) is 33.5 Å². The quantitative estimate of drug-likeness (QED) is 0.450. The molecule has 156 valence electrons. The number of aromatic nitrogens is 3. The second-order valence-electron chi connectivity index (χ2n) is 7.41. The third-order valence-electron chi connectivity index (χ3n) is 5.31. The Morgan fingerprint density at radius 2 is 2.03 bits per heavy atom. The molecule has 1 N–H and O–H groups in total. The van der Waals surface area contributed by atoms with Crippen LogP contribution in [0.25, 0.3) is 0 Å². The summed E-state index contributed by atoms with van der Waals surface area (Å²) in [5.74, 6) is 2.77. The van der Waals surface area contributed by atoms with Crippen molar-refractivity contribution >= 4 is 23.4 Å². The summed E-state index contributed by atoms with van der Waals surface area (Å²) in [5, 5.41) is 12.4. The first kappa shape index (κ1) is 21.4. The molecule has 0 spiro atoms. The number of carbonyl (C=O) groups excluding carboxylic acids is 1. The van der Waals surface area contributed by atoms with E-state index >= 15 is 0 Å². The van der Waals surface area contributed by atoms with E-state index in [1.54, 1.807) is 7.11 Å². The van der Waals surface area contributed by atoms with Gasteiger partial charge < -0.3 is 14.6 Å². The molecule has 0 saturated heterocycles. The van der Waals surface area contributed by atoms with Gasteiger partial charge in [0.1, 0.15) is 11.6 Å². The molecule has 0 bridgehead atoms. The van der Waals surface area contributed by atoms with Crippen LogP contribution in [0.3, 0.4) is 0 Å². The number of nitrogens with one attached hydrogen (secondary N) is 1. The highest BCUT2D eigenvalue weighted by Crippen LogP contribution is 2.28. The van der Waals surface area contributed by atoms with Crippen molar-refractivity contribution < 1.29 is 9.53 Å². The molecule has 1 aromatic carbocycles. The van der Waals surface area contributed by atoms with Crippen LogP contribution < -0.4 is 10.1 Å². The minimum absolute atomic E-state index is 0.0722. The summed E-state index contributed by atoms with van der Waals surface area (Å²) in [7, 11) is 1.62. The van der Waals surface area contributed by atoms with Gasteiger partial charge in [0.25, 0.3) is 0 Å². The van der Waals surface area contributed by atoms with Crippen LogP contribution in [0.5, 0.6) is 5.75 Å². The van der Waals surface area contributed by atoms with Gasteiger partial charge in [0.15, 0.2) is 5.16 Å². The number of carbonyl (C=O) groups is 1. The standard InChI is InChI=1S/C22H30N4O2S/c1-3-15-26-20(14-9-17-7-5-4-6-8-17)24-25-22(26)29-16-21(27)23-18-10-12-19(28-2)13-11-18/h3,10-13,17H,1,4-9,14-16H2,2H3,(H,23,27). The van der Waals surface area contributed by atoms with Crippen LogP contribution in [-0.2, 0) is 17.8 Å². The van der Waals surface area contributed by atoms with E-state index in [1.807, 2.05) is 30.3 Å². The summed E-state index contributed by atoms with van der Waals surface area (Å²) in [4.78, 5) is 12.3. The molecule has 1 amide bonds. The zero-order chi connectivity index (χ0) is 20.5. The highest BCUT2D eigenvalue weighted by molar-refractivity contribution is 7.99. The molecule has 1 aliphatic carbocycles. The Labute approximate surface area is 177 Å². The third-order valence-corrected chi connectivity index (χ3v) is 6.28. The van der Waals surface area contributed by atoms with Crippen molar-refractivity contribution in [2.24, 2.45) is 5.92 Å². The minimum Gasteiger partial charge on any atom is -0.497 e. The summed E-state index contributed by atoms with van der Waals surface area (Å²) < 4.78 is 7.22. The number of rotatable bonds is 10. The predicted octanol–water partition coefficient (Wildman–Crippen LogP) is 4.72. The maximum atomic E-state index is 12.3. The number of allylic oxidation sites excluding steroid dienone is 1. The molecule has 6 nitrogen and oxygen atoms in total. The van der Waals surface area contributed by atoms with Crippen LogP contribution in [0.15, 0.2) is 42.1 Å². The lowest BCUT2D eigenvalue weighted by Gasteiger charge is -2.21. The largest absolute Gasteiger partial charge is 0.497 e. The summed E-state index contributed by atoms with van der Waals surface area (Å²) in [6.45, 7) is 4.52. The molecular weight excluding hydrogens is 384 g/mol. The van der Waals surface area contributed by atoms with Crippen LogP contribution in [0.4, 0.5) is 5.69 Å². The first-order valence-corrected chi connectivity index (χ1v) is 11.3. The minimum atomic E-state index is -0.0722. The topological polar surface area (TPSA) is 69.0 Å². The Bertz CT molecular complexity index is 798. The monoisotopic (exact) mass is 414 g/mol. The number of nitrogens with zero attached hydrogens (tertiary/aromatic N) is 3. The number of ether oxygens (including phenoxy) is 1. The molecule has 29 heavy (non-hydrogen) atoms. The van der Waals surface area contributed by atoms with E-state index in [0.29, 0.717) is 6.54 Å². The molecule has 1 fully saturated rings. The van der Waals surface area contributed by atoms with Crippen LogP contribution in [0.1, 0.15) is 44.3 Å².